The molecule has 0 aliphatic carbocycles. The lowest BCUT2D eigenvalue weighted by Crippen LogP contribution is -2.05. The van der Waals surface area contributed by atoms with Crippen LogP contribution < -0.4 is 0 Å². The van der Waals surface area contributed by atoms with Gasteiger partial charge in [-0.05, 0) is 0 Å². The fourth-order valence-electron chi connectivity index (χ4n) is 1.04. The average molecular weight is 196 g/mol. The van der Waals surface area contributed by atoms with Gasteiger partial charge in [0.1, 0.15) is 11.1 Å². The van der Waals surface area contributed by atoms with E-state index in [1.807, 2.05) is 5.38 Å². The summed E-state index contributed by atoms with van der Waals surface area (Å²) in [7, 11) is 1.74. The number of thiazole rings is 1. The third kappa shape index (κ3) is 1.45. The van der Waals surface area contributed by atoms with Gasteiger partial charge in [0.15, 0.2) is 0 Å². The van der Waals surface area contributed by atoms with E-state index in [0.29, 0.717) is 10.7 Å². The highest BCUT2D eigenvalue weighted by Crippen LogP contribution is 2.21. The Labute approximate surface area is 78.7 Å². The van der Waals surface area contributed by atoms with Crippen LogP contribution in [0.3, 0.4) is 0 Å². The van der Waals surface area contributed by atoms with Crippen LogP contribution in [0.15, 0.2) is 17.8 Å². The van der Waals surface area contributed by atoms with Gasteiger partial charge in [-0.15, -0.1) is 16.4 Å². The van der Waals surface area contributed by atoms with Crippen LogP contribution in [-0.2, 0) is 7.05 Å². The topological polar surface area (TPSA) is 63.8 Å². The number of hydrogen-bond donors (Lipinski definition) is 1. The minimum Gasteiger partial charge on any atom is -0.379 e. The number of nitrogens with zero attached hydrogens (tertiary/aromatic N) is 4. The molecule has 1 N–H and O–H groups in total. The molecule has 0 saturated heterocycles. The van der Waals surface area contributed by atoms with Crippen LogP contribution in [0.1, 0.15) is 16.8 Å². The third-order valence-electron chi connectivity index (χ3n) is 1.71. The van der Waals surface area contributed by atoms with Gasteiger partial charge in [-0.25, -0.2) is 9.67 Å². The monoisotopic (exact) mass is 196 g/mol. The molecule has 68 valence electrons. The van der Waals surface area contributed by atoms with Crippen molar-refractivity contribution >= 4 is 11.3 Å². The van der Waals surface area contributed by atoms with Crippen molar-refractivity contribution in [2.24, 2.45) is 7.05 Å². The predicted octanol–water partition coefficient (Wildman–Crippen LogP) is 0.353. The number of hydrogen-bond acceptors (Lipinski definition) is 5. The van der Waals surface area contributed by atoms with E-state index in [9.17, 15) is 5.11 Å². The van der Waals surface area contributed by atoms with Crippen molar-refractivity contribution in [1.29, 1.82) is 0 Å². The molecule has 0 aromatic carbocycles. The molecule has 0 bridgehead atoms. The summed E-state index contributed by atoms with van der Waals surface area (Å²) < 4.78 is 1.53. The van der Waals surface area contributed by atoms with Gasteiger partial charge in [-0.3, -0.25) is 0 Å². The van der Waals surface area contributed by atoms with Crippen molar-refractivity contribution < 1.29 is 5.11 Å². The van der Waals surface area contributed by atoms with Gasteiger partial charge in [0, 0.05) is 18.6 Å². The van der Waals surface area contributed by atoms with E-state index in [-0.39, 0.29) is 0 Å². The summed E-state index contributed by atoms with van der Waals surface area (Å²) in [6.07, 6.45) is 2.47. The molecular weight excluding hydrogens is 188 g/mol. The summed E-state index contributed by atoms with van der Waals surface area (Å²) in [4.78, 5) is 4.01. The van der Waals surface area contributed by atoms with Gasteiger partial charge in [-0.1, -0.05) is 5.21 Å². The van der Waals surface area contributed by atoms with E-state index in [4.69, 9.17) is 0 Å². The van der Waals surface area contributed by atoms with E-state index < -0.39 is 6.10 Å². The van der Waals surface area contributed by atoms with Gasteiger partial charge >= 0.3 is 0 Å². The Morgan fingerprint density at radius 1 is 1.62 bits per heavy atom. The summed E-state index contributed by atoms with van der Waals surface area (Å²) in [6, 6.07) is 0. The van der Waals surface area contributed by atoms with Crippen molar-refractivity contribution in [3.63, 3.8) is 0 Å². The Morgan fingerprint density at radius 3 is 3.00 bits per heavy atom. The first-order valence-electron chi connectivity index (χ1n) is 3.71. The maximum atomic E-state index is 9.80. The van der Waals surface area contributed by atoms with Gasteiger partial charge in [0.05, 0.1) is 11.9 Å². The molecule has 0 saturated carbocycles. The fraction of sp³-hybridized carbons (Fsp3) is 0.286. The maximum absolute atomic E-state index is 9.80. The van der Waals surface area contributed by atoms with E-state index in [1.165, 1.54) is 22.2 Å². The Kier molecular flexibility index (Phi) is 2.07. The molecule has 0 amide bonds. The first-order chi connectivity index (χ1) is 6.29. The van der Waals surface area contributed by atoms with Crippen LogP contribution in [0.2, 0.25) is 0 Å². The van der Waals surface area contributed by atoms with Gasteiger partial charge in [-0.2, -0.15) is 0 Å². The van der Waals surface area contributed by atoms with Gasteiger partial charge < -0.3 is 5.11 Å². The molecule has 5 nitrogen and oxygen atoms in total. The lowest BCUT2D eigenvalue weighted by Gasteiger charge is -2.05. The molecule has 1 unspecified atom stereocenters. The molecular formula is C7H8N4OS. The Hall–Kier alpha value is -1.27. The van der Waals surface area contributed by atoms with Crippen molar-refractivity contribution in [3.8, 4) is 0 Å². The van der Waals surface area contributed by atoms with Crippen LogP contribution in [0.25, 0.3) is 0 Å². The van der Waals surface area contributed by atoms with Crippen LogP contribution in [0.5, 0.6) is 0 Å². The number of aromatic nitrogens is 4. The standard InChI is InChI=1S/C7H8N4OS/c1-11-5(4-9-10-11)6(12)7-8-2-3-13-7/h2-4,6,12H,1H3. The SMILES string of the molecule is Cn1nncc1C(O)c1nccs1. The van der Waals surface area contributed by atoms with E-state index in [0.717, 1.165) is 0 Å². The Bertz CT molecular complexity index is 383. The highest BCUT2D eigenvalue weighted by Gasteiger charge is 2.16. The molecule has 1 atom stereocenters. The smallest absolute Gasteiger partial charge is 0.149 e. The summed E-state index contributed by atoms with van der Waals surface area (Å²) in [5.74, 6) is 0. The molecule has 0 spiro atoms. The van der Waals surface area contributed by atoms with Crippen molar-refractivity contribution in [3.05, 3.63) is 28.5 Å². The quantitative estimate of drug-likeness (QED) is 0.753. The molecule has 2 rings (SSSR count). The van der Waals surface area contributed by atoms with Crippen LogP contribution in [0, 0.1) is 0 Å². The van der Waals surface area contributed by atoms with Crippen molar-refractivity contribution in [2.45, 2.75) is 6.10 Å². The molecule has 0 aliphatic heterocycles. The average Bonchev–Trinajstić information content (AvgIpc) is 2.72. The van der Waals surface area contributed by atoms with Crippen molar-refractivity contribution in [2.75, 3.05) is 0 Å². The third-order valence-corrected chi connectivity index (χ3v) is 2.54. The Morgan fingerprint density at radius 2 is 2.46 bits per heavy atom. The minimum atomic E-state index is -0.722. The summed E-state index contributed by atoms with van der Waals surface area (Å²) >= 11 is 1.41. The lowest BCUT2D eigenvalue weighted by atomic mass is 10.3. The summed E-state index contributed by atoms with van der Waals surface area (Å²) in [5.41, 5.74) is 0.648. The Balaban J connectivity index is 2.33. The molecule has 2 heterocycles. The van der Waals surface area contributed by atoms with Crippen LogP contribution >= 0.6 is 11.3 Å². The number of aliphatic hydroxyl groups is 1. The molecule has 13 heavy (non-hydrogen) atoms. The van der Waals surface area contributed by atoms with E-state index in [2.05, 4.69) is 15.3 Å². The second-order valence-electron chi connectivity index (χ2n) is 2.56. The zero-order valence-corrected chi connectivity index (χ0v) is 7.77. The van der Waals surface area contributed by atoms with Gasteiger partial charge in [0.2, 0.25) is 0 Å². The second kappa shape index (κ2) is 3.23. The number of aliphatic hydroxyl groups excluding tert-OH is 1. The van der Waals surface area contributed by atoms with Gasteiger partial charge in [0.25, 0.3) is 0 Å². The highest BCUT2D eigenvalue weighted by molar-refractivity contribution is 7.09. The van der Waals surface area contributed by atoms with Crippen LogP contribution in [-0.4, -0.2) is 25.1 Å². The van der Waals surface area contributed by atoms with Crippen molar-refractivity contribution in [1.82, 2.24) is 20.0 Å². The zero-order valence-electron chi connectivity index (χ0n) is 6.95. The molecule has 2 aromatic rings. The fourth-order valence-corrected chi connectivity index (χ4v) is 1.67. The molecule has 2 aromatic heterocycles. The normalized spacial score (nSPS) is 13.1. The highest BCUT2D eigenvalue weighted by atomic mass is 32.1. The summed E-state index contributed by atoms with van der Waals surface area (Å²) in [5, 5.41) is 19.7. The lowest BCUT2D eigenvalue weighted by molar-refractivity contribution is 0.209. The van der Waals surface area contributed by atoms with E-state index in [1.54, 1.807) is 13.2 Å². The molecule has 0 aliphatic rings. The summed E-state index contributed by atoms with van der Waals surface area (Å²) in [6.45, 7) is 0. The first kappa shape index (κ1) is 8.33. The molecule has 0 fully saturated rings. The molecule has 0 radical (unpaired) electrons. The zero-order chi connectivity index (χ0) is 9.26. The number of aryl methyl sites for hydroxylation is 1. The minimum absolute atomic E-state index is 0.648. The second-order valence-corrected chi connectivity index (χ2v) is 3.48. The molecule has 6 heteroatoms. The first-order valence-corrected chi connectivity index (χ1v) is 4.59. The maximum Gasteiger partial charge on any atom is 0.149 e. The number of rotatable bonds is 2. The van der Waals surface area contributed by atoms with E-state index >= 15 is 0 Å². The largest absolute Gasteiger partial charge is 0.379 e. The van der Waals surface area contributed by atoms with Crippen LogP contribution in [0.4, 0.5) is 0 Å². The predicted molar refractivity (Wildman–Crippen MR) is 47.2 cm³/mol.